The van der Waals surface area contributed by atoms with Gasteiger partial charge in [0.15, 0.2) is 5.78 Å². The number of hydrogen-bond donors (Lipinski definition) is 0. The summed E-state index contributed by atoms with van der Waals surface area (Å²) in [5.41, 5.74) is 4.57. The molecule has 0 atom stereocenters. The molecule has 89 valence electrons. The minimum absolute atomic E-state index is 0. The van der Waals surface area contributed by atoms with E-state index in [4.69, 9.17) is 0 Å². The largest absolute Gasteiger partial charge is 0.350 e. The molecule has 0 aliphatic heterocycles. The summed E-state index contributed by atoms with van der Waals surface area (Å²) in [5.74, 6) is 0.0923. The first-order chi connectivity index (χ1) is 7.47. The number of rotatable bonds is 3. The van der Waals surface area contributed by atoms with Crippen molar-refractivity contribution >= 4 is 5.78 Å². The van der Waals surface area contributed by atoms with Gasteiger partial charge in [0.05, 0.1) is 0 Å². The summed E-state index contributed by atoms with van der Waals surface area (Å²) < 4.78 is 0. The Bertz CT molecular complexity index is 440. The molecule has 0 aromatic heterocycles. The molecule has 1 aromatic rings. The molecule has 1 radical (unpaired) electrons. The van der Waals surface area contributed by atoms with E-state index in [0.29, 0.717) is 6.42 Å². The second-order valence-electron chi connectivity index (χ2n) is 4.19. The van der Waals surface area contributed by atoms with E-state index < -0.39 is 0 Å². The zero-order chi connectivity index (χ0) is 12.3. The van der Waals surface area contributed by atoms with Gasteiger partial charge in [-0.1, -0.05) is 5.57 Å². The van der Waals surface area contributed by atoms with E-state index in [1.807, 2.05) is 39.0 Å². The third-order valence-corrected chi connectivity index (χ3v) is 2.83. The zero-order valence-electron chi connectivity index (χ0n) is 10.8. The van der Waals surface area contributed by atoms with Crippen molar-refractivity contribution in [2.24, 2.45) is 0 Å². The number of allylic oxidation sites excluding steroid dienone is 2. The fourth-order valence-corrected chi connectivity index (χ4v) is 1.44. The van der Waals surface area contributed by atoms with Gasteiger partial charge in [0.25, 0.3) is 0 Å². The van der Waals surface area contributed by atoms with Gasteiger partial charge in [-0.25, -0.2) is 6.42 Å². The maximum absolute atomic E-state index is 12.1. The van der Waals surface area contributed by atoms with E-state index in [-0.39, 0.29) is 38.5 Å². The summed E-state index contributed by atoms with van der Waals surface area (Å²) in [6.07, 6.45) is 0.661. The first-order valence-corrected chi connectivity index (χ1v) is 5.40. The molecular weight excluding hydrogens is 285 g/mol. The summed E-state index contributed by atoms with van der Waals surface area (Å²) in [5, 5.41) is 0. The van der Waals surface area contributed by atoms with E-state index in [0.717, 1.165) is 27.8 Å². The molecule has 0 amide bonds. The zero-order valence-corrected chi connectivity index (χ0v) is 13.7. The first-order valence-electron chi connectivity index (χ1n) is 5.40. The fourth-order valence-electron chi connectivity index (χ4n) is 1.44. The Hall–Kier alpha value is -0.396. The Labute approximate surface area is 130 Å². The van der Waals surface area contributed by atoms with Crippen LogP contribution in [0.25, 0.3) is 0 Å². The Kier molecular flexibility index (Phi) is 6.96. The van der Waals surface area contributed by atoms with Gasteiger partial charge in [-0.3, -0.25) is 4.79 Å². The molecular formula is C15H18OY-2. The van der Waals surface area contributed by atoms with E-state index in [9.17, 15) is 4.79 Å². The number of benzene rings is 1. The van der Waals surface area contributed by atoms with E-state index in [2.05, 4.69) is 13.8 Å². The molecule has 0 aliphatic rings. The van der Waals surface area contributed by atoms with Crippen molar-refractivity contribution in [2.45, 2.75) is 27.2 Å². The van der Waals surface area contributed by atoms with Crippen molar-refractivity contribution < 1.29 is 37.5 Å². The summed E-state index contributed by atoms with van der Waals surface area (Å²) in [6.45, 7) is 13.5. The maximum atomic E-state index is 12.1. The third-order valence-electron chi connectivity index (χ3n) is 2.83. The molecule has 1 aromatic carbocycles. The summed E-state index contributed by atoms with van der Waals surface area (Å²) in [4.78, 5) is 12.1. The quantitative estimate of drug-likeness (QED) is 0.472. The second kappa shape index (κ2) is 7.13. The Morgan fingerprint density at radius 1 is 1.24 bits per heavy atom. The van der Waals surface area contributed by atoms with Crippen molar-refractivity contribution in [3.05, 3.63) is 59.9 Å². The molecule has 17 heavy (non-hydrogen) atoms. The molecule has 0 aliphatic carbocycles. The molecule has 0 unspecified atom stereocenters. The smallest absolute Gasteiger partial charge is 0.186 e. The average molecular weight is 303 g/mol. The predicted molar refractivity (Wildman–Crippen MR) is 68.3 cm³/mol. The molecule has 0 saturated carbocycles. The van der Waals surface area contributed by atoms with Crippen LogP contribution in [0.3, 0.4) is 0 Å². The molecule has 1 rings (SSSR count). The van der Waals surface area contributed by atoms with Crippen molar-refractivity contribution in [1.82, 2.24) is 0 Å². The van der Waals surface area contributed by atoms with Crippen molar-refractivity contribution in [1.29, 1.82) is 0 Å². The van der Waals surface area contributed by atoms with E-state index in [1.165, 1.54) is 0 Å². The summed E-state index contributed by atoms with van der Waals surface area (Å²) in [7, 11) is 0. The fraction of sp³-hybridized carbons (Fsp3) is 0.267. The topological polar surface area (TPSA) is 17.1 Å². The van der Waals surface area contributed by atoms with Crippen LogP contribution in [0, 0.1) is 13.8 Å². The van der Waals surface area contributed by atoms with Gasteiger partial charge >= 0.3 is 0 Å². The van der Waals surface area contributed by atoms with Crippen molar-refractivity contribution in [2.75, 3.05) is 0 Å². The third kappa shape index (κ3) is 4.08. The minimum Gasteiger partial charge on any atom is -0.350 e. The van der Waals surface area contributed by atoms with Crippen molar-refractivity contribution in [3.63, 3.8) is 0 Å². The molecule has 0 heterocycles. The first kappa shape index (κ1) is 16.6. The van der Waals surface area contributed by atoms with Crippen LogP contribution in [0.4, 0.5) is 0 Å². The Morgan fingerprint density at radius 3 is 2.29 bits per heavy atom. The van der Waals surface area contributed by atoms with Gasteiger partial charge in [0, 0.05) is 32.7 Å². The number of ketones is 1. The van der Waals surface area contributed by atoms with E-state index in [1.54, 1.807) is 0 Å². The van der Waals surface area contributed by atoms with Gasteiger partial charge in [0.2, 0.25) is 0 Å². The summed E-state index contributed by atoms with van der Waals surface area (Å²) >= 11 is 0. The summed E-state index contributed by atoms with van der Waals surface area (Å²) in [6, 6.07) is 5.60. The van der Waals surface area contributed by atoms with Crippen LogP contribution in [0.2, 0.25) is 0 Å². The van der Waals surface area contributed by atoms with Crippen LogP contribution in [0.1, 0.15) is 42.3 Å². The molecule has 0 N–H and O–H groups in total. The monoisotopic (exact) mass is 303 g/mol. The predicted octanol–water partition coefficient (Wildman–Crippen LogP) is 3.78. The molecule has 0 saturated heterocycles. The average Bonchev–Trinajstić information content (AvgIpc) is 2.27. The number of Topliss-reactive ketones (excluding diaryl/α,β-unsaturated/α-hetero) is 1. The minimum atomic E-state index is 0. The molecule has 2 heteroatoms. The molecule has 0 spiro atoms. The normalized spacial score (nSPS) is 9.41. The Morgan fingerprint density at radius 2 is 1.82 bits per heavy atom. The molecule has 0 fully saturated rings. The van der Waals surface area contributed by atoms with Gasteiger partial charge in [-0.15, -0.1) is 12.1 Å². The number of carbonyl (C=O) groups excluding carboxylic acids is 1. The standard InChI is InChI=1S/C15H18O.Y/c1-6-13-9-14(8-7-11(13)4)15(16)12(5)10(2)3;/h7-9H,1,4,6H2,2-3,5H3;/q-2;. The van der Waals surface area contributed by atoms with Crippen molar-refractivity contribution in [3.8, 4) is 0 Å². The van der Waals surface area contributed by atoms with Crippen LogP contribution < -0.4 is 0 Å². The van der Waals surface area contributed by atoms with Crippen LogP contribution in [-0.4, -0.2) is 5.78 Å². The Balaban J connectivity index is 0.00000256. The van der Waals surface area contributed by atoms with Gasteiger partial charge in [0.1, 0.15) is 0 Å². The SMILES string of the molecule is [CH2-]Cc1cc(C(=O)C(C)=C(C)C)ccc1[CH2-].[Y]. The number of carbonyl (C=O) groups is 1. The van der Waals surface area contributed by atoms with Gasteiger partial charge in [-0.05, 0) is 31.9 Å². The molecule has 0 bridgehead atoms. The van der Waals surface area contributed by atoms with Crippen LogP contribution in [0.5, 0.6) is 0 Å². The second-order valence-corrected chi connectivity index (χ2v) is 4.19. The van der Waals surface area contributed by atoms with Crippen LogP contribution in [-0.2, 0) is 39.1 Å². The van der Waals surface area contributed by atoms with Crippen LogP contribution >= 0.6 is 0 Å². The maximum Gasteiger partial charge on any atom is 0.186 e. The van der Waals surface area contributed by atoms with Gasteiger partial charge in [-0.2, -0.15) is 24.1 Å². The molecule has 1 nitrogen and oxygen atoms in total. The van der Waals surface area contributed by atoms with Gasteiger partial charge < -0.3 is 6.92 Å². The number of hydrogen-bond acceptors (Lipinski definition) is 1. The van der Waals surface area contributed by atoms with E-state index >= 15 is 0 Å². The van der Waals surface area contributed by atoms with Crippen LogP contribution in [0.15, 0.2) is 29.3 Å².